The molecule has 0 fully saturated rings. The van der Waals surface area contributed by atoms with Crippen LogP contribution in [0.15, 0.2) is 64.1 Å². The molecule has 0 aliphatic carbocycles. The third-order valence-electron chi connectivity index (χ3n) is 3.50. The summed E-state index contributed by atoms with van der Waals surface area (Å²) in [5, 5.41) is 0. The molecule has 0 saturated heterocycles. The Labute approximate surface area is 131 Å². The van der Waals surface area contributed by atoms with Gasteiger partial charge in [0.1, 0.15) is 0 Å². The Hall–Kier alpha value is -1.68. The molecule has 0 spiro atoms. The van der Waals surface area contributed by atoms with E-state index in [2.05, 4.69) is 20.9 Å². The van der Waals surface area contributed by atoms with Crippen LogP contribution in [-0.4, -0.2) is 18.1 Å². The zero-order valence-electron chi connectivity index (χ0n) is 11.6. The van der Waals surface area contributed by atoms with E-state index in [1.807, 2.05) is 54.6 Å². The van der Waals surface area contributed by atoms with Gasteiger partial charge in [0.05, 0.1) is 6.54 Å². The van der Waals surface area contributed by atoms with Crippen molar-refractivity contribution >= 4 is 21.8 Å². The Morgan fingerprint density at radius 1 is 1.14 bits per heavy atom. The molecule has 108 valence electrons. The molecule has 1 aliphatic rings. The molecule has 4 heteroatoms. The molecule has 2 aromatic carbocycles. The average Bonchev–Trinajstić information content (AvgIpc) is 2.49. The van der Waals surface area contributed by atoms with Gasteiger partial charge in [0, 0.05) is 10.0 Å². The summed E-state index contributed by atoms with van der Waals surface area (Å²) >= 11 is 3.39. The maximum absolute atomic E-state index is 14.8. The van der Waals surface area contributed by atoms with E-state index in [-0.39, 0.29) is 6.54 Å². The molecule has 21 heavy (non-hydrogen) atoms. The molecule has 1 heterocycles. The number of hydrogen-bond acceptors (Lipinski definition) is 2. The van der Waals surface area contributed by atoms with Crippen LogP contribution >= 0.6 is 15.9 Å². The molecule has 2 nitrogen and oxygen atoms in total. The van der Waals surface area contributed by atoms with E-state index in [1.54, 1.807) is 0 Å². The van der Waals surface area contributed by atoms with Crippen molar-refractivity contribution in [2.24, 2.45) is 4.99 Å². The largest absolute Gasteiger partial charge is 0.466 e. The highest BCUT2D eigenvalue weighted by Gasteiger charge is 2.41. The van der Waals surface area contributed by atoms with E-state index in [0.29, 0.717) is 5.90 Å². The molecule has 0 amide bonds. The smallest absolute Gasteiger partial charge is 0.216 e. The van der Waals surface area contributed by atoms with E-state index >= 15 is 0 Å². The van der Waals surface area contributed by atoms with Gasteiger partial charge in [-0.1, -0.05) is 46.3 Å². The lowest BCUT2D eigenvalue weighted by atomic mass is 9.93. The second kappa shape index (κ2) is 5.60. The van der Waals surface area contributed by atoms with Gasteiger partial charge in [-0.2, -0.15) is 0 Å². The fourth-order valence-corrected chi connectivity index (χ4v) is 2.64. The van der Waals surface area contributed by atoms with Gasteiger partial charge in [-0.25, -0.2) is 9.38 Å². The number of halogens is 2. The highest BCUT2D eigenvalue weighted by molar-refractivity contribution is 9.10. The van der Waals surface area contributed by atoms with Gasteiger partial charge in [-0.3, -0.25) is 0 Å². The monoisotopic (exact) mass is 347 g/mol. The first-order chi connectivity index (χ1) is 10.1. The van der Waals surface area contributed by atoms with E-state index in [0.717, 1.165) is 15.6 Å². The quantitative estimate of drug-likeness (QED) is 0.771. The van der Waals surface area contributed by atoms with Crippen molar-refractivity contribution in [1.29, 1.82) is 0 Å². The summed E-state index contributed by atoms with van der Waals surface area (Å²) in [6, 6.07) is 17.1. The molecule has 3 rings (SSSR count). The molecular weight excluding hydrogens is 333 g/mol. The first kappa shape index (κ1) is 14.3. The number of rotatable bonds is 2. The summed E-state index contributed by atoms with van der Waals surface area (Å²) in [6.07, 6.45) is -0.654. The molecule has 0 N–H and O–H groups in total. The average molecular weight is 348 g/mol. The minimum atomic E-state index is -1.52. The van der Waals surface area contributed by atoms with Crippen LogP contribution in [-0.2, 0) is 4.74 Å². The van der Waals surface area contributed by atoms with E-state index in [9.17, 15) is 4.39 Å². The van der Waals surface area contributed by atoms with Crippen molar-refractivity contribution in [3.05, 3.63) is 70.2 Å². The molecule has 0 aromatic heterocycles. The lowest BCUT2D eigenvalue weighted by Crippen LogP contribution is -2.39. The van der Waals surface area contributed by atoms with Gasteiger partial charge in [0.15, 0.2) is 11.8 Å². The summed E-state index contributed by atoms with van der Waals surface area (Å²) in [4.78, 5) is 4.26. The Balaban J connectivity index is 1.93. The van der Waals surface area contributed by atoms with Crippen molar-refractivity contribution in [3.8, 4) is 0 Å². The van der Waals surface area contributed by atoms with Crippen molar-refractivity contribution in [1.82, 2.24) is 0 Å². The second-order valence-corrected chi connectivity index (χ2v) is 6.23. The standard InChI is InChI=1S/C17H15BrFNO/c1-17(19)11-20-16(13-5-3-2-4-6-13)21-15(17)12-7-9-14(18)10-8-12/h2-10,15H,11H2,1H3/t15?,17-/m0/s1. The van der Waals surface area contributed by atoms with Crippen molar-refractivity contribution in [2.75, 3.05) is 6.54 Å². The minimum Gasteiger partial charge on any atom is -0.466 e. The van der Waals surface area contributed by atoms with E-state index in [1.165, 1.54) is 6.92 Å². The highest BCUT2D eigenvalue weighted by Crippen LogP contribution is 2.37. The topological polar surface area (TPSA) is 21.6 Å². The maximum atomic E-state index is 14.8. The van der Waals surface area contributed by atoms with Crippen molar-refractivity contribution < 1.29 is 9.13 Å². The lowest BCUT2D eigenvalue weighted by Gasteiger charge is -2.34. The summed E-state index contributed by atoms with van der Waals surface area (Å²) in [6.45, 7) is 1.63. The molecule has 1 aliphatic heterocycles. The van der Waals surface area contributed by atoms with Gasteiger partial charge >= 0.3 is 0 Å². The normalized spacial score (nSPS) is 25.1. The summed E-state index contributed by atoms with van der Waals surface area (Å²) in [5.74, 6) is 0.499. The Bertz CT molecular complexity index is 652. The fraction of sp³-hybridized carbons (Fsp3) is 0.235. The number of hydrogen-bond donors (Lipinski definition) is 0. The second-order valence-electron chi connectivity index (χ2n) is 5.31. The molecule has 1 unspecified atom stereocenters. The SMILES string of the molecule is C[C@]1(F)CN=C(c2ccccc2)OC1c1ccc(Br)cc1. The van der Waals surface area contributed by atoms with E-state index < -0.39 is 11.8 Å². The third-order valence-corrected chi connectivity index (χ3v) is 4.03. The van der Waals surface area contributed by atoms with Crippen LogP contribution in [0, 0.1) is 0 Å². The van der Waals surface area contributed by atoms with Crippen LogP contribution in [0.1, 0.15) is 24.2 Å². The molecule has 0 saturated carbocycles. The van der Waals surface area contributed by atoms with Crippen molar-refractivity contribution in [2.45, 2.75) is 18.7 Å². The zero-order valence-corrected chi connectivity index (χ0v) is 13.2. The summed E-state index contributed by atoms with van der Waals surface area (Å²) < 4.78 is 21.6. The number of benzene rings is 2. The number of alkyl halides is 1. The van der Waals surface area contributed by atoms with Gasteiger partial charge < -0.3 is 4.74 Å². The number of ether oxygens (including phenoxy) is 1. The zero-order chi connectivity index (χ0) is 14.9. The van der Waals surface area contributed by atoms with Crippen LogP contribution in [0.25, 0.3) is 0 Å². The lowest BCUT2D eigenvalue weighted by molar-refractivity contribution is 0.00601. The predicted molar refractivity (Wildman–Crippen MR) is 85.3 cm³/mol. The first-order valence-corrected chi connectivity index (χ1v) is 7.56. The fourth-order valence-electron chi connectivity index (χ4n) is 2.37. The van der Waals surface area contributed by atoms with Crippen LogP contribution in [0.5, 0.6) is 0 Å². The first-order valence-electron chi connectivity index (χ1n) is 6.77. The summed E-state index contributed by atoms with van der Waals surface area (Å²) in [7, 11) is 0. The van der Waals surface area contributed by atoms with Gasteiger partial charge in [0.2, 0.25) is 5.90 Å². The van der Waals surface area contributed by atoms with Crippen LogP contribution in [0.3, 0.4) is 0 Å². The number of aliphatic imine (C=N–C) groups is 1. The van der Waals surface area contributed by atoms with Crippen molar-refractivity contribution in [3.63, 3.8) is 0 Å². The highest BCUT2D eigenvalue weighted by atomic mass is 79.9. The Morgan fingerprint density at radius 2 is 1.81 bits per heavy atom. The number of nitrogens with zero attached hydrogens (tertiary/aromatic N) is 1. The minimum absolute atomic E-state index is 0.0952. The Kier molecular flexibility index (Phi) is 3.81. The predicted octanol–water partition coefficient (Wildman–Crippen LogP) is 4.70. The molecule has 0 bridgehead atoms. The third kappa shape index (κ3) is 3.00. The van der Waals surface area contributed by atoms with Gasteiger partial charge in [-0.15, -0.1) is 0 Å². The van der Waals surface area contributed by atoms with Gasteiger partial charge in [0.25, 0.3) is 0 Å². The van der Waals surface area contributed by atoms with Gasteiger partial charge in [-0.05, 0) is 36.8 Å². The van der Waals surface area contributed by atoms with E-state index in [4.69, 9.17) is 4.74 Å². The summed E-state index contributed by atoms with van der Waals surface area (Å²) in [5.41, 5.74) is 0.160. The molecular formula is C17H15BrFNO. The Morgan fingerprint density at radius 3 is 2.48 bits per heavy atom. The van der Waals surface area contributed by atoms with Crippen LogP contribution in [0.2, 0.25) is 0 Å². The van der Waals surface area contributed by atoms with Crippen LogP contribution in [0.4, 0.5) is 4.39 Å². The molecule has 0 radical (unpaired) electrons. The molecule has 2 aromatic rings. The molecule has 2 atom stereocenters. The van der Waals surface area contributed by atoms with Crippen LogP contribution < -0.4 is 0 Å². The maximum Gasteiger partial charge on any atom is 0.216 e.